The van der Waals surface area contributed by atoms with Crippen molar-refractivity contribution >= 4 is 23.3 Å². The zero-order valence-electron chi connectivity index (χ0n) is 38.8. The van der Waals surface area contributed by atoms with Crippen LogP contribution in [0.25, 0.3) is 11.0 Å². The summed E-state index contributed by atoms with van der Waals surface area (Å²) in [6.07, 6.45) is 35.4. The molecule has 0 aliphatic heterocycles. The molecule has 0 amide bonds. The molecule has 4 heteroatoms. The third-order valence-corrected chi connectivity index (χ3v) is 11.8. The molecular formula is C55H75BN2O. The molecule has 0 saturated heterocycles. The van der Waals surface area contributed by atoms with Crippen molar-refractivity contribution in [3.05, 3.63) is 185 Å². The largest absolute Gasteiger partial charge is 0.470 e. The number of hydrogen-bond acceptors (Lipinski definition) is 3. The van der Waals surface area contributed by atoms with Crippen molar-refractivity contribution in [1.82, 2.24) is 10.6 Å². The maximum Gasteiger partial charge on any atom is 0.284 e. The molecule has 0 spiro atoms. The summed E-state index contributed by atoms with van der Waals surface area (Å²) in [7, 11) is 0. The van der Waals surface area contributed by atoms with Gasteiger partial charge in [-0.1, -0.05) is 159 Å². The van der Waals surface area contributed by atoms with Crippen molar-refractivity contribution < 1.29 is 4.42 Å². The Bertz CT molecular complexity index is 2040. The highest BCUT2D eigenvalue weighted by Crippen LogP contribution is 2.47. The molecule has 0 radical (unpaired) electrons. The van der Waals surface area contributed by atoms with Gasteiger partial charge in [-0.05, 0) is 140 Å². The Morgan fingerprint density at radius 2 is 1.58 bits per heavy atom. The first-order valence-electron chi connectivity index (χ1n) is 21.8. The third kappa shape index (κ3) is 13.8. The molecule has 1 unspecified atom stereocenters. The van der Waals surface area contributed by atoms with Gasteiger partial charge in [0, 0.05) is 23.3 Å². The van der Waals surface area contributed by atoms with Crippen LogP contribution in [0.2, 0.25) is 0 Å². The molecule has 2 aromatic rings. The fourth-order valence-corrected chi connectivity index (χ4v) is 7.58. The average molecular weight is 791 g/mol. The van der Waals surface area contributed by atoms with E-state index in [9.17, 15) is 0 Å². The molecule has 0 fully saturated rings. The van der Waals surface area contributed by atoms with Crippen LogP contribution in [0, 0.1) is 11.8 Å². The summed E-state index contributed by atoms with van der Waals surface area (Å²) in [5.41, 5.74) is 12.5. The first kappa shape index (κ1) is 48.4. The topological polar surface area (TPSA) is 37.2 Å². The van der Waals surface area contributed by atoms with Gasteiger partial charge in [0.1, 0.15) is 5.58 Å². The van der Waals surface area contributed by atoms with Gasteiger partial charge in [0.05, 0.1) is 5.66 Å². The van der Waals surface area contributed by atoms with E-state index in [-0.39, 0.29) is 17.5 Å². The number of nitrogens with one attached hydrogen (secondary N) is 2. The quantitative estimate of drug-likeness (QED) is 0.0977. The van der Waals surface area contributed by atoms with Crippen molar-refractivity contribution in [2.24, 2.45) is 11.8 Å². The van der Waals surface area contributed by atoms with Gasteiger partial charge >= 0.3 is 0 Å². The van der Waals surface area contributed by atoms with Gasteiger partial charge < -0.3 is 15.1 Å². The van der Waals surface area contributed by atoms with Crippen LogP contribution in [-0.2, 0) is 10.8 Å². The number of allylic oxidation sites excluding steroid dienone is 18. The van der Waals surface area contributed by atoms with Crippen LogP contribution in [-0.4, -0.2) is 13.3 Å². The number of fused-ring (bicyclic) bond motifs is 2. The summed E-state index contributed by atoms with van der Waals surface area (Å²) in [4.78, 5) is 0. The molecule has 1 atom stereocenters. The average Bonchev–Trinajstić information content (AvgIpc) is 3.62. The summed E-state index contributed by atoms with van der Waals surface area (Å²) in [6, 6.07) is 6.94. The van der Waals surface area contributed by atoms with Crippen molar-refractivity contribution in [1.29, 1.82) is 0 Å². The Balaban J connectivity index is 2.31. The maximum atomic E-state index is 6.96. The minimum Gasteiger partial charge on any atom is -0.470 e. The Hall–Kier alpha value is -4.96. The van der Waals surface area contributed by atoms with Crippen LogP contribution < -0.4 is 16.3 Å². The lowest BCUT2D eigenvalue weighted by molar-refractivity contribution is 0.332. The smallest absolute Gasteiger partial charge is 0.284 e. The van der Waals surface area contributed by atoms with E-state index < -0.39 is 0 Å². The van der Waals surface area contributed by atoms with Crippen molar-refractivity contribution in [2.45, 2.75) is 120 Å². The highest BCUT2D eigenvalue weighted by Gasteiger charge is 2.38. The molecule has 59 heavy (non-hydrogen) atoms. The fraction of sp³-hybridized carbons (Fsp3) is 0.382. The van der Waals surface area contributed by atoms with Gasteiger partial charge in [-0.15, -0.1) is 5.98 Å². The Morgan fingerprint density at radius 1 is 0.881 bits per heavy atom. The first-order valence-corrected chi connectivity index (χ1v) is 21.8. The van der Waals surface area contributed by atoms with E-state index in [2.05, 4.69) is 179 Å². The normalized spacial score (nSPS) is 17.4. The molecule has 1 heterocycles. The highest BCUT2D eigenvalue weighted by atomic mass is 16.3. The maximum absolute atomic E-state index is 6.96. The zero-order valence-corrected chi connectivity index (χ0v) is 38.8. The molecule has 1 aromatic heterocycles. The third-order valence-electron chi connectivity index (χ3n) is 11.8. The summed E-state index contributed by atoms with van der Waals surface area (Å²) in [5.74, 6) is 3.19. The second-order valence-corrected chi connectivity index (χ2v) is 17.8. The van der Waals surface area contributed by atoms with Gasteiger partial charge in [-0.2, -0.15) is 0 Å². The Morgan fingerprint density at radius 3 is 2.19 bits per heavy atom. The van der Waals surface area contributed by atoms with Crippen molar-refractivity contribution in [3.8, 4) is 0 Å². The second-order valence-electron chi connectivity index (χ2n) is 17.8. The molecule has 314 valence electrons. The molecular weight excluding hydrogens is 715 g/mol. The Kier molecular flexibility index (Phi) is 18.9. The summed E-state index contributed by atoms with van der Waals surface area (Å²) < 4.78 is 6.96. The van der Waals surface area contributed by atoms with Crippen LogP contribution in [0.1, 0.15) is 120 Å². The molecule has 2 N–H and O–H groups in total. The number of furan rings is 1. The van der Waals surface area contributed by atoms with Crippen LogP contribution in [0.4, 0.5) is 0 Å². The molecule has 3 nitrogen and oxygen atoms in total. The van der Waals surface area contributed by atoms with Crippen LogP contribution in [0.3, 0.4) is 0 Å². The number of rotatable bonds is 21. The van der Waals surface area contributed by atoms with Gasteiger partial charge in [0.2, 0.25) is 0 Å². The van der Waals surface area contributed by atoms with Gasteiger partial charge in [-0.25, -0.2) is 0 Å². The second kappa shape index (κ2) is 23.0. The van der Waals surface area contributed by atoms with Gasteiger partial charge in [0.25, 0.3) is 6.71 Å². The molecule has 3 rings (SSSR count). The van der Waals surface area contributed by atoms with E-state index in [1.54, 1.807) is 6.08 Å². The number of hydrogen-bond donors (Lipinski definition) is 2. The first-order chi connectivity index (χ1) is 28.0. The van der Waals surface area contributed by atoms with E-state index in [4.69, 9.17) is 4.42 Å². The minimum atomic E-state index is -0.263. The predicted molar refractivity (Wildman–Crippen MR) is 264 cm³/mol. The molecule has 1 aromatic carbocycles. The van der Waals surface area contributed by atoms with E-state index in [1.807, 2.05) is 44.2 Å². The molecule has 0 saturated carbocycles. The van der Waals surface area contributed by atoms with E-state index in [0.29, 0.717) is 18.4 Å². The Labute approximate surface area is 360 Å². The van der Waals surface area contributed by atoms with Crippen LogP contribution >= 0.6 is 0 Å². The fourth-order valence-electron chi connectivity index (χ4n) is 7.58. The highest BCUT2D eigenvalue weighted by molar-refractivity contribution is 6.84. The number of benzene rings is 1. The standard InChI is InChI=1S/C55H75BN2O/c1-16-20-22-24-25-26-30-50(43(10)19-4)58-39-49(51(35-40(5)6)57-34-28-29-46(41(7)8)44(11)42(9)18-3)56(33-27-23-21-17-2)53-37-45-36-47-48(38-52(45)59-53)55(14,15)32-31-54(47,12)13/h16-17,19-24,26-30,33,35-39,41-42,57-58H,2,4-5,18,25,31-32,34H2,1,3,6-15H3/b20-16-,23-21-,24-22-,29-28-,30-26+,33-27+,46-44-,49-39-,50-43+,51-35+. The SMILES string of the molecule is C=C/C=C\C=C\B(C(=C\NC(/C=C/C/C=C\C=C/C)=C(\C)C=C)/C(=C\C(=C)C)NC/C=C\C(=C(/C)C(C)CC)C(C)C)c1cc2cc3c(cc2o1)C(C)(C)CCC3(C)C. The molecule has 0 bridgehead atoms. The minimum absolute atomic E-state index is 0.0735. The summed E-state index contributed by atoms with van der Waals surface area (Å²) in [5, 5.41) is 8.66. The van der Waals surface area contributed by atoms with Crippen molar-refractivity contribution in [3.63, 3.8) is 0 Å². The monoisotopic (exact) mass is 791 g/mol. The lowest BCUT2D eigenvalue weighted by atomic mass is 9.41. The summed E-state index contributed by atoms with van der Waals surface area (Å²) in [6.45, 7) is 39.8. The van der Waals surface area contributed by atoms with Gasteiger partial charge in [0.15, 0.2) is 0 Å². The lowest BCUT2D eigenvalue weighted by Crippen LogP contribution is -2.35. The van der Waals surface area contributed by atoms with Crippen LogP contribution in [0.5, 0.6) is 0 Å². The van der Waals surface area contributed by atoms with Gasteiger partial charge in [-0.3, -0.25) is 0 Å². The predicted octanol–water partition coefficient (Wildman–Crippen LogP) is 14.5. The lowest BCUT2D eigenvalue weighted by Gasteiger charge is -2.41. The van der Waals surface area contributed by atoms with E-state index >= 15 is 0 Å². The summed E-state index contributed by atoms with van der Waals surface area (Å²) >= 11 is 0. The van der Waals surface area contributed by atoms with E-state index in [0.717, 1.165) is 70.3 Å². The molecule has 1 aliphatic rings. The van der Waals surface area contributed by atoms with Crippen molar-refractivity contribution in [2.75, 3.05) is 6.54 Å². The van der Waals surface area contributed by atoms with E-state index in [1.165, 1.54) is 22.3 Å². The van der Waals surface area contributed by atoms with Crippen LogP contribution in [0.15, 0.2) is 179 Å². The molecule has 1 aliphatic carbocycles. The zero-order chi connectivity index (χ0) is 43.8.